The van der Waals surface area contributed by atoms with Gasteiger partial charge in [0.25, 0.3) is 5.91 Å². The molecule has 4 N–H and O–H groups in total. The molecule has 0 aliphatic carbocycles. The molecule has 0 aliphatic heterocycles. The first-order chi connectivity index (χ1) is 7.00. The van der Waals surface area contributed by atoms with Crippen molar-refractivity contribution >= 4 is 27.9 Å². The van der Waals surface area contributed by atoms with Gasteiger partial charge < -0.3 is 5.73 Å². The second kappa shape index (κ2) is 4.74. The van der Waals surface area contributed by atoms with Gasteiger partial charge in [0.05, 0.1) is 5.56 Å². The lowest BCUT2D eigenvalue weighted by Gasteiger charge is -2.06. The van der Waals surface area contributed by atoms with Gasteiger partial charge in [-0.3, -0.25) is 10.2 Å². The molecule has 0 aliphatic rings. The van der Waals surface area contributed by atoms with E-state index in [1.165, 1.54) is 12.1 Å². The molecule has 0 radical (unpaired) electrons. The van der Waals surface area contributed by atoms with E-state index in [0.717, 1.165) is 6.07 Å². The van der Waals surface area contributed by atoms with E-state index in [-0.39, 0.29) is 5.56 Å². The number of benzene rings is 1. The van der Waals surface area contributed by atoms with E-state index < -0.39 is 17.8 Å². The zero-order valence-corrected chi connectivity index (χ0v) is 8.97. The highest BCUT2D eigenvalue weighted by molar-refractivity contribution is 9.10. The number of primary amides is 1. The molecule has 0 aromatic heterocycles. The lowest BCUT2D eigenvalue weighted by molar-refractivity contribution is 0.0936. The lowest BCUT2D eigenvalue weighted by atomic mass is 10.2. The number of hydrogen-bond donors (Lipinski definition) is 3. The molecule has 5 nitrogen and oxygen atoms in total. The number of nitrogens with two attached hydrogens (primary N) is 1. The van der Waals surface area contributed by atoms with E-state index in [2.05, 4.69) is 15.9 Å². The predicted octanol–water partition coefficient (Wildman–Crippen LogP) is 0.901. The Hall–Kier alpha value is -1.63. The third-order valence-corrected chi connectivity index (χ3v) is 2.16. The maximum Gasteiger partial charge on any atom is 0.330 e. The summed E-state index contributed by atoms with van der Waals surface area (Å²) in [7, 11) is 0. The number of halogens is 2. The fraction of sp³-hybridized carbons (Fsp3) is 0. The second-order valence-electron chi connectivity index (χ2n) is 2.57. The van der Waals surface area contributed by atoms with E-state index in [9.17, 15) is 14.0 Å². The molecule has 80 valence electrons. The summed E-state index contributed by atoms with van der Waals surface area (Å²) in [5, 5.41) is 0. The molecular weight excluding hydrogens is 269 g/mol. The van der Waals surface area contributed by atoms with Gasteiger partial charge in [-0.2, -0.15) is 0 Å². The van der Waals surface area contributed by atoms with Gasteiger partial charge in [-0.05, 0) is 34.1 Å². The number of hydrazine groups is 1. The number of nitrogens with one attached hydrogen (secondary N) is 2. The third kappa shape index (κ3) is 3.21. The zero-order valence-electron chi connectivity index (χ0n) is 7.38. The fourth-order valence-corrected chi connectivity index (χ4v) is 1.28. The Kier molecular flexibility index (Phi) is 3.62. The maximum atomic E-state index is 12.8. The van der Waals surface area contributed by atoms with Gasteiger partial charge in [-0.25, -0.2) is 14.6 Å². The predicted molar refractivity (Wildman–Crippen MR) is 54.3 cm³/mol. The molecule has 15 heavy (non-hydrogen) atoms. The van der Waals surface area contributed by atoms with Crippen LogP contribution in [0.3, 0.4) is 0 Å². The van der Waals surface area contributed by atoms with Crippen LogP contribution < -0.4 is 16.6 Å². The summed E-state index contributed by atoms with van der Waals surface area (Å²) in [6, 6.07) is 2.70. The summed E-state index contributed by atoms with van der Waals surface area (Å²) in [5.74, 6) is -1.22. The summed E-state index contributed by atoms with van der Waals surface area (Å²) in [6.45, 7) is 0. The number of carbonyl (C=O) groups is 2. The van der Waals surface area contributed by atoms with Crippen molar-refractivity contribution < 1.29 is 14.0 Å². The minimum Gasteiger partial charge on any atom is -0.350 e. The van der Waals surface area contributed by atoms with Crippen molar-refractivity contribution in [2.45, 2.75) is 0 Å². The SMILES string of the molecule is NC(=O)NNC(=O)c1cc(F)ccc1Br. The van der Waals surface area contributed by atoms with Gasteiger partial charge in [0.15, 0.2) is 0 Å². The van der Waals surface area contributed by atoms with Crippen LogP contribution in [0.4, 0.5) is 9.18 Å². The van der Waals surface area contributed by atoms with Crippen molar-refractivity contribution in [3.8, 4) is 0 Å². The van der Waals surface area contributed by atoms with Crippen LogP contribution in [0.25, 0.3) is 0 Å². The van der Waals surface area contributed by atoms with Gasteiger partial charge in [0, 0.05) is 4.47 Å². The van der Waals surface area contributed by atoms with Gasteiger partial charge in [0.2, 0.25) is 0 Å². The normalized spacial score (nSPS) is 9.47. The summed E-state index contributed by atoms with van der Waals surface area (Å²) in [5.41, 5.74) is 8.69. The summed E-state index contributed by atoms with van der Waals surface area (Å²) in [4.78, 5) is 21.6. The number of amides is 3. The van der Waals surface area contributed by atoms with Crippen LogP contribution in [0, 0.1) is 5.82 Å². The summed E-state index contributed by atoms with van der Waals surface area (Å²) < 4.78 is 13.2. The zero-order chi connectivity index (χ0) is 11.4. The minimum absolute atomic E-state index is 0.0590. The molecule has 1 rings (SSSR count). The standard InChI is InChI=1S/C8H7BrFN3O2/c9-6-2-1-4(10)3-5(6)7(14)12-13-8(11)15/h1-3H,(H,12,14)(H3,11,13,15). The highest BCUT2D eigenvalue weighted by Crippen LogP contribution is 2.17. The number of carbonyl (C=O) groups excluding carboxylic acids is 2. The van der Waals surface area contributed by atoms with Crippen LogP contribution in [-0.2, 0) is 0 Å². The van der Waals surface area contributed by atoms with E-state index in [1.54, 1.807) is 0 Å². The van der Waals surface area contributed by atoms with Crippen molar-refractivity contribution in [3.05, 3.63) is 34.1 Å². The molecule has 0 saturated carbocycles. The molecular formula is C8H7BrFN3O2. The Morgan fingerprint density at radius 1 is 1.33 bits per heavy atom. The van der Waals surface area contributed by atoms with Crippen LogP contribution in [0.15, 0.2) is 22.7 Å². The first-order valence-corrected chi connectivity index (χ1v) is 4.61. The number of urea groups is 1. The molecule has 0 saturated heterocycles. The van der Waals surface area contributed by atoms with E-state index in [4.69, 9.17) is 5.73 Å². The lowest BCUT2D eigenvalue weighted by Crippen LogP contribution is -2.44. The Balaban J connectivity index is 2.81. The molecule has 1 aromatic carbocycles. The quantitative estimate of drug-likeness (QED) is 0.666. The first kappa shape index (κ1) is 11.4. The van der Waals surface area contributed by atoms with E-state index in [1.807, 2.05) is 10.9 Å². The van der Waals surface area contributed by atoms with Gasteiger partial charge in [-0.15, -0.1) is 0 Å². The largest absolute Gasteiger partial charge is 0.350 e. The average molecular weight is 276 g/mol. The minimum atomic E-state index is -0.907. The van der Waals surface area contributed by atoms with Crippen LogP contribution >= 0.6 is 15.9 Å². The van der Waals surface area contributed by atoms with E-state index in [0.29, 0.717) is 4.47 Å². The highest BCUT2D eigenvalue weighted by Gasteiger charge is 2.10. The van der Waals surface area contributed by atoms with Crippen molar-refractivity contribution in [1.29, 1.82) is 0 Å². The number of hydrogen-bond acceptors (Lipinski definition) is 2. The third-order valence-electron chi connectivity index (χ3n) is 1.47. The Bertz CT molecular complexity index is 411. The van der Waals surface area contributed by atoms with Gasteiger partial charge >= 0.3 is 6.03 Å². The van der Waals surface area contributed by atoms with Gasteiger partial charge in [0.1, 0.15) is 5.82 Å². The molecule has 0 unspecified atom stereocenters. The Labute approximate surface area is 92.9 Å². The first-order valence-electron chi connectivity index (χ1n) is 3.81. The topological polar surface area (TPSA) is 84.2 Å². The molecule has 7 heteroatoms. The highest BCUT2D eigenvalue weighted by atomic mass is 79.9. The molecule has 0 fully saturated rings. The molecule has 0 bridgehead atoms. The van der Waals surface area contributed by atoms with Crippen molar-refractivity contribution in [1.82, 2.24) is 10.9 Å². The van der Waals surface area contributed by atoms with Crippen LogP contribution in [0.2, 0.25) is 0 Å². The molecule has 0 atom stereocenters. The Morgan fingerprint density at radius 2 is 2.00 bits per heavy atom. The van der Waals surface area contributed by atoms with Crippen molar-refractivity contribution in [2.75, 3.05) is 0 Å². The Morgan fingerprint density at radius 3 is 2.60 bits per heavy atom. The van der Waals surface area contributed by atoms with E-state index >= 15 is 0 Å². The number of rotatable bonds is 1. The van der Waals surface area contributed by atoms with Crippen LogP contribution in [0.5, 0.6) is 0 Å². The van der Waals surface area contributed by atoms with Crippen molar-refractivity contribution in [2.24, 2.45) is 5.73 Å². The molecule has 1 aromatic rings. The monoisotopic (exact) mass is 275 g/mol. The summed E-state index contributed by atoms with van der Waals surface area (Å²) >= 11 is 3.07. The molecule has 0 heterocycles. The average Bonchev–Trinajstić information content (AvgIpc) is 2.18. The molecule has 3 amide bonds. The van der Waals surface area contributed by atoms with Gasteiger partial charge in [-0.1, -0.05) is 0 Å². The van der Waals surface area contributed by atoms with Crippen LogP contribution in [0.1, 0.15) is 10.4 Å². The van der Waals surface area contributed by atoms with Crippen LogP contribution in [-0.4, -0.2) is 11.9 Å². The van der Waals surface area contributed by atoms with Crippen molar-refractivity contribution in [3.63, 3.8) is 0 Å². The maximum absolute atomic E-state index is 12.8. The fourth-order valence-electron chi connectivity index (χ4n) is 0.857. The molecule has 0 spiro atoms. The summed E-state index contributed by atoms with van der Waals surface area (Å²) in [6.07, 6.45) is 0. The second-order valence-corrected chi connectivity index (χ2v) is 3.42. The smallest absolute Gasteiger partial charge is 0.330 e.